The summed E-state index contributed by atoms with van der Waals surface area (Å²) in [4.78, 5) is 43.7. The summed E-state index contributed by atoms with van der Waals surface area (Å²) in [6, 6.07) is 5.89. The van der Waals surface area contributed by atoms with E-state index in [4.69, 9.17) is 9.47 Å². The zero-order valence-electron chi connectivity index (χ0n) is 24.1. The maximum absolute atomic E-state index is 13.7. The summed E-state index contributed by atoms with van der Waals surface area (Å²) < 4.78 is 38.5. The average Bonchev–Trinajstić information content (AvgIpc) is 3.38. The Labute approximate surface area is 250 Å². The van der Waals surface area contributed by atoms with Crippen LogP contribution >= 0.6 is 11.3 Å². The fourth-order valence-corrected chi connectivity index (χ4v) is 8.44. The van der Waals surface area contributed by atoms with E-state index < -0.39 is 22.0 Å². The Morgan fingerprint density at radius 3 is 2.40 bits per heavy atom. The molecule has 11 nitrogen and oxygen atoms in total. The van der Waals surface area contributed by atoms with Crippen molar-refractivity contribution in [1.82, 2.24) is 14.1 Å². The van der Waals surface area contributed by atoms with Crippen molar-refractivity contribution in [3.05, 3.63) is 45.8 Å². The lowest BCUT2D eigenvalue weighted by Gasteiger charge is -2.30. The Morgan fingerprint density at radius 2 is 1.74 bits per heavy atom. The number of hydrogen-bond acceptors (Lipinski definition) is 8. The van der Waals surface area contributed by atoms with Gasteiger partial charge in [-0.2, -0.15) is 4.31 Å². The third-order valence-electron chi connectivity index (χ3n) is 8.20. The molecule has 0 radical (unpaired) electrons. The van der Waals surface area contributed by atoms with Crippen molar-refractivity contribution in [3.63, 3.8) is 0 Å². The second kappa shape index (κ2) is 13.1. The minimum Gasteiger partial charge on any atom is -0.450 e. The van der Waals surface area contributed by atoms with Crippen molar-refractivity contribution < 1.29 is 32.3 Å². The fourth-order valence-electron chi connectivity index (χ4n) is 5.77. The number of carbonyl (C=O) groups excluding carboxylic acids is 3. The zero-order valence-corrected chi connectivity index (χ0v) is 25.7. The highest BCUT2D eigenvalue weighted by Crippen LogP contribution is 2.38. The third kappa shape index (κ3) is 6.34. The van der Waals surface area contributed by atoms with Gasteiger partial charge in [0.2, 0.25) is 10.0 Å². The summed E-state index contributed by atoms with van der Waals surface area (Å²) in [6.07, 6.45) is 4.93. The molecule has 0 spiro atoms. The van der Waals surface area contributed by atoms with Gasteiger partial charge in [-0.25, -0.2) is 13.2 Å². The minimum absolute atomic E-state index is 0.0150. The second-order valence-electron chi connectivity index (χ2n) is 10.8. The number of nitrogens with zero attached hydrogens (tertiary/aromatic N) is 3. The molecule has 1 aliphatic carbocycles. The lowest BCUT2D eigenvalue weighted by molar-refractivity contribution is 0.0303. The third-order valence-corrected chi connectivity index (χ3v) is 11.3. The van der Waals surface area contributed by atoms with E-state index in [0.717, 1.165) is 42.5 Å². The van der Waals surface area contributed by atoms with Gasteiger partial charge in [-0.3, -0.25) is 9.59 Å². The number of fused-ring (bicyclic) bond motifs is 1. The van der Waals surface area contributed by atoms with Gasteiger partial charge in [0.15, 0.2) is 0 Å². The number of nitrogens with one attached hydrogen (secondary N) is 1. The fraction of sp³-hybridized carbons (Fsp3) is 0.552. The SMILES string of the molecule is CCOC(=O)N1CCc2c(sc(NC(=O)c3ccc(S(=O)(=O)N(C)C4CCCCC4)cc3)c2C(=O)N2CCOCC2)C1. The Morgan fingerprint density at radius 1 is 1.05 bits per heavy atom. The molecule has 42 heavy (non-hydrogen) atoms. The molecule has 2 fully saturated rings. The lowest BCUT2D eigenvalue weighted by Crippen LogP contribution is -2.41. The minimum atomic E-state index is -3.69. The van der Waals surface area contributed by atoms with Gasteiger partial charge in [0.05, 0.1) is 36.8 Å². The van der Waals surface area contributed by atoms with Gasteiger partial charge in [0, 0.05) is 43.2 Å². The van der Waals surface area contributed by atoms with Gasteiger partial charge in [-0.05, 0) is 56.0 Å². The van der Waals surface area contributed by atoms with E-state index in [-0.39, 0.29) is 29.0 Å². The number of anilines is 1. The van der Waals surface area contributed by atoms with Gasteiger partial charge < -0.3 is 24.6 Å². The average molecular weight is 619 g/mol. The van der Waals surface area contributed by atoms with Gasteiger partial charge in [0.1, 0.15) is 5.00 Å². The normalized spacial score (nSPS) is 18.1. The number of amides is 3. The van der Waals surface area contributed by atoms with Crippen LogP contribution in [0.4, 0.5) is 9.80 Å². The number of hydrogen-bond donors (Lipinski definition) is 1. The molecule has 3 aliphatic rings. The maximum atomic E-state index is 13.7. The van der Waals surface area contributed by atoms with E-state index in [0.29, 0.717) is 56.4 Å². The van der Waals surface area contributed by atoms with Crippen molar-refractivity contribution >= 4 is 44.3 Å². The van der Waals surface area contributed by atoms with Crippen molar-refractivity contribution in [2.75, 3.05) is 51.8 Å². The Bertz CT molecular complexity index is 1410. The molecule has 1 N–H and O–H groups in total. The van der Waals surface area contributed by atoms with Crippen LogP contribution in [0.3, 0.4) is 0 Å². The van der Waals surface area contributed by atoms with Crippen LogP contribution in [0.5, 0.6) is 0 Å². The predicted molar refractivity (Wildman–Crippen MR) is 158 cm³/mol. The molecule has 1 saturated heterocycles. The van der Waals surface area contributed by atoms with Crippen LogP contribution < -0.4 is 5.32 Å². The molecule has 3 heterocycles. The molecular formula is C29H38N4O7S2. The highest BCUT2D eigenvalue weighted by molar-refractivity contribution is 7.89. The first-order valence-corrected chi connectivity index (χ1v) is 16.8. The van der Waals surface area contributed by atoms with Crippen LogP contribution in [0.1, 0.15) is 70.2 Å². The predicted octanol–water partition coefficient (Wildman–Crippen LogP) is 3.94. The molecular weight excluding hydrogens is 580 g/mol. The van der Waals surface area contributed by atoms with Crippen LogP contribution in [0, 0.1) is 0 Å². The molecule has 13 heteroatoms. The van der Waals surface area contributed by atoms with Gasteiger partial charge in [-0.15, -0.1) is 11.3 Å². The van der Waals surface area contributed by atoms with Gasteiger partial charge in [-0.1, -0.05) is 19.3 Å². The number of sulfonamides is 1. The van der Waals surface area contributed by atoms with Gasteiger partial charge in [0.25, 0.3) is 11.8 Å². The second-order valence-corrected chi connectivity index (χ2v) is 13.9. The molecule has 0 unspecified atom stereocenters. The van der Waals surface area contributed by atoms with Crippen LogP contribution in [0.15, 0.2) is 29.2 Å². The van der Waals surface area contributed by atoms with Crippen LogP contribution in [-0.4, -0.2) is 93.0 Å². The number of thiophene rings is 1. The molecule has 2 aromatic rings. The molecule has 0 atom stereocenters. The summed E-state index contributed by atoms with van der Waals surface area (Å²) >= 11 is 1.28. The highest BCUT2D eigenvalue weighted by Gasteiger charge is 2.34. The van der Waals surface area contributed by atoms with Crippen molar-refractivity contribution in [3.8, 4) is 0 Å². The van der Waals surface area contributed by atoms with E-state index in [1.807, 2.05) is 0 Å². The van der Waals surface area contributed by atoms with Crippen LogP contribution in [0.25, 0.3) is 0 Å². The van der Waals surface area contributed by atoms with Crippen molar-refractivity contribution in [2.45, 2.75) is 62.9 Å². The summed E-state index contributed by atoms with van der Waals surface area (Å²) in [5.41, 5.74) is 1.56. The number of carbonyl (C=O) groups is 3. The summed E-state index contributed by atoms with van der Waals surface area (Å²) in [5, 5.41) is 3.33. The van der Waals surface area contributed by atoms with E-state index in [1.165, 1.54) is 39.9 Å². The molecule has 1 saturated carbocycles. The summed E-state index contributed by atoms with van der Waals surface area (Å²) in [5.74, 6) is -0.626. The first kappa shape index (κ1) is 30.5. The Hall–Kier alpha value is -3.00. The maximum Gasteiger partial charge on any atom is 0.410 e. The monoisotopic (exact) mass is 618 g/mol. The standard InChI is InChI=1S/C29H38N4O7S2/c1-3-40-29(36)33-14-13-23-24(19-33)41-27(25(23)28(35)32-15-17-39-18-16-32)30-26(34)20-9-11-22(12-10-20)42(37,38)31(2)21-7-5-4-6-8-21/h9-12,21H,3-8,13-19H2,1-2H3,(H,30,34). The van der Waals surface area contributed by atoms with Crippen LogP contribution in [-0.2, 0) is 32.5 Å². The number of rotatable bonds is 7. The van der Waals surface area contributed by atoms with Crippen LogP contribution in [0.2, 0.25) is 0 Å². The molecule has 5 rings (SSSR count). The first-order valence-electron chi connectivity index (χ1n) is 14.5. The Kier molecular flexibility index (Phi) is 9.50. The molecule has 3 amide bonds. The molecule has 2 aliphatic heterocycles. The molecule has 1 aromatic carbocycles. The van der Waals surface area contributed by atoms with E-state index in [2.05, 4.69) is 5.32 Å². The van der Waals surface area contributed by atoms with Crippen molar-refractivity contribution in [2.24, 2.45) is 0 Å². The Balaban J connectivity index is 1.37. The topological polar surface area (TPSA) is 126 Å². The summed E-state index contributed by atoms with van der Waals surface area (Å²) in [7, 11) is -2.06. The van der Waals surface area contributed by atoms with E-state index in [9.17, 15) is 22.8 Å². The molecule has 0 bridgehead atoms. The number of benzene rings is 1. The smallest absolute Gasteiger partial charge is 0.410 e. The van der Waals surface area contributed by atoms with E-state index in [1.54, 1.807) is 23.8 Å². The quantitative estimate of drug-likeness (QED) is 0.498. The highest BCUT2D eigenvalue weighted by atomic mass is 32.2. The largest absolute Gasteiger partial charge is 0.450 e. The number of morpholine rings is 1. The first-order chi connectivity index (χ1) is 20.2. The van der Waals surface area contributed by atoms with E-state index >= 15 is 0 Å². The number of ether oxygens (including phenoxy) is 2. The zero-order chi connectivity index (χ0) is 29.9. The molecule has 1 aromatic heterocycles. The van der Waals surface area contributed by atoms with Crippen molar-refractivity contribution in [1.29, 1.82) is 0 Å². The molecule has 228 valence electrons. The summed E-state index contributed by atoms with van der Waals surface area (Å²) in [6.45, 7) is 4.52. The van der Waals surface area contributed by atoms with Gasteiger partial charge >= 0.3 is 6.09 Å². The lowest BCUT2D eigenvalue weighted by atomic mass is 9.96.